The second-order valence-electron chi connectivity index (χ2n) is 7.17. The third-order valence-corrected chi connectivity index (χ3v) is 5.97. The van der Waals surface area contributed by atoms with Crippen LogP contribution in [0, 0.1) is 0 Å². The predicted molar refractivity (Wildman–Crippen MR) is 126 cm³/mol. The number of hydrogen-bond donors (Lipinski definition) is 0. The molecule has 3 rings (SSSR count). The molecule has 8 heteroatoms. The summed E-state index contributed by atoms with van der Waals surface area (Å²) in [5.41, 5.74) is 1.08. The minimum absolute atomic E-state index is 0.0368. The summed E-state index contributed by atoms with van der Waals surface area (Å²) < 4.78 is 11.6. The van der Waals surface area contributed by atoms with Gasteiger partial charge in [0.2, 0.25) is 0 Å². The van der Waals surface area contributed by atoms with Crippen LogP contribution in [0.1, 0.15) is 43.1 Å². The van der Waals surface area contributed by atoms with E-state index in [-0.39, 0.29) is 23.3 Å². The Bertz CT molecular complexity index is 1050. The van der Waals surface area contributed by atoms with Crippen LogP contribution < -0.4 is 9.47 Å². The van der Waals surface area contributed by atoms with E-state index in [1.54, 1.807) is 48.5 Å². The highest BCUT2D eigenvalue weighted by molar-refractivity contribution is 8.18. The van der Waals surface area contributed by atoms with Gasteiger partial charge in [-0.2, -0.15) is 0 Å². The lowest BCUT2D eigenvalue weighted by molar-refractivity contribution is -0.122. The van der Waals surface area contributed by atoms with Gasteiger partial charge in [0.15, 0.2) is 17.3 Å². The third kappa shape index (κ3) is 5.72. The molecule has 0 unspecified atom stereocenters. The van der Waals surface area contributed by atoms with E-state index in [0.717, 1.165) is 23.1 Å². The van der Waals surface area contributed by atoms with Crippen LogP contribution in [-0.4, -0.2) is 41.1 Å². The number of thioether (sulfide) groups is 1. The van der Waals surface area contributed by atoms with Crippen LogP contribution in [-0.2, 0) is 4.79 Å². The lowest BCUT2D eigenvalue weighted by Gasteiger charge is -2.16. The van der Waals surface area contributed by atoms with Crippen LogP contribution in [0.25, 0.3) is 6.08 Å². The van der Waals surface area contributed by atoms with Crippen molar-refractivity contribution >= 4 is 46.4 Å². The van der Waals surface area contributed by atoms with Gasteiger partial charge in [-0.25, -0.2) is 0 Å². The standard InChI is InChI=1S/C24H24ClNO5S/c1-4-15(3)31-20-11-6-16(12-21(20)30-5-2)13-22-23(28)26(24(29)32-22)14-19(27)17-7-9-18(25)10-8-17/h6-13,15H,4-5,14H2,1-3H3/b22-13+/t15-/m0/s1. The number of ether oxygens (including phenoxy) is 2. The van der Waals surface area contributed by atoms with Crippen LogP contribution in [0.4, 0.5) is 4.79 Å². The first-order valence-corrected chi connectivity index (χ1v) is 11.5. The molecule has 1 heterocycles. The summed E-state index contributed by atoms with van der Waals surface area (Å²) in [5.74, 6) is 0.356. The molecule has 0 aromatic heterocycles. The van der Waals surface area contributed by atoms with E-state index in [1.165, 1.54) is 0 Å². The quantitative estimate of drug-likeness (QED) is 0.336. The first-order valence-electron chi connectivity index (χ1n) is 10.3. The highest BCUT2D eigenvalue weighted by Gasteiger charge is 2.36. The molecule has 6 nitrogen and oxygen atoms in total. The average molecular weight is 474 g/mol. The average Bonchev–Trinajstić information content (AvgIpc) is 3.03. The second-order valence-corrected chi connectivity index (χ2v) is 8.60. The van der Waals surface area contributed by atoms with Gasteiger partial charge in [0, 0.05) is 10.6 Å². The maximum absolute atomic E-state index is 12.8. The Labute approximate surface area is 196 Å². The van der Waals surface area contributed by atoms with Gasteiger partial charge in [0.1, 0.15) is 0 Å². The van der Waals surface area contributed by atoms with Crippen LogP contribution in [0.5, 0.6) is 11.5 Å². The van der Waals surface area contributed by atoms with Gasteiger partial charge in [-0.3, -0.25) is 19.3 Å². The molecule has 32 heavy (non-hydrogen) atoms. The van der Waals surface area contributed by atoms with Crippen molar-refractivity contribution < 1.29 is 23.9 Å². The molecule has 2 amide bonds. The number of halogens is 1. The van der Waals surface area contributed by atoms with Crippen molar-refractivity contribution in [1.82, 2.24) is 4.90 Å². The molecule has 0 aliphatic carbocycles. The number of carbonyl (C=O) groups is 3. The van der Waals surface area contributed by atoms with E-state index >= 15 is 0 Å². The topological polar surface area (TPSA) is 72.9 Å². The summed E-state index contributed by atoms with van der Waals surface area (Å²) in [6, 6.07) is 11.7. The maximum Gasteiger partial charge on any atom is 0.293 e. The van der Waals surface area contributed by atoms with E-state index < -0.39 is 11.1 Å². The fourth-order valence-electron chi connectivity index (χ4n) is 2.94. The molecule has 1 saturated heterocycles. The molecule has 2 aromatic carbocycles. The van der Waals surface area contributed by atoms with Crippen molar-refractivity contribution in [3.63, 3.8) is 0 Å². The number of imide groups is 1. The van der Waals surface area contributed by atoms with Crippen LogP contribution in [0.2, 0.25) is 5.02 Å². The fraction of sp³-hybridized carbons (Fsp3) is 0.292. The monoisotopic (exact) mass is 473 g/mol. The van der Waals surface area contributed by atoms with Crippen molar-refractivity contribution in [1.29, 1.82) is 0 Å². The molecule has 0 saturated carbocycles. The molecule has 1 aliphatic heterocycles. The number of carbonyl (C=O) groups excluding carboxylic acids is 3. The summed E-state index contributed by atoms with van der Waals surface area (Å²) in [7, 11) is 0. The fourth-order valence-corrected chi connectivity index (χ4v) is 3.90. The Hall–Kier alpha value is -2.77. The number of hydrogen-bond acceptors (Lipinski definition) is 6. The number of nitrogens with zero attached hydrogens (tertiary/aromatic N) is 1. The molecule has 1 fully saturated rings. The zero-order chi connectivity index (χ0) is 23.3. The molecule has 0 bridgehead atoms. The number of benzene rings is 2. The number of ketones is 1. The molecule has 0 N–H and O–H groups in total. The van der Waals surface area contributed by atoms with Gasteiger partial charge in [0.05, 0.1) is 24.2 Å². The van der Waals surface area contributed by atoms with Crippen molar-refractivity contribution in [3.8, 4) is 11.5 Å². The maximum atomic E-state index is 12.8. The number of Topliss-reactive ketones (excluding diaryl/α,β-unsaturated/α-hetero) is 1. The predicted octanol–water partition coefficient (Wildman–Crippen LogP) is 5.84. The summed E-state index contributed by atoms with van der Waals surface area (Å²) in [6.45, 7) is 6.03. The van der Waals surface area contributed by atoms with E-state index in [0.29, 0.717) is 34.3 Å². The Morgan fingerprint density at radius 2 is 1.84 bits per heavy atom. The Kier molecular flexibility index (Phi) is 7.99. The van der Waals surface area contributed by atoms with E-state index in [2.05, 4.69) is 0 Å². The lowest BCUT2D eigenvalue weighted by atomic mass is 10.1. The summed E-state index contributed by atoms with van der Waals surface area (Å²) >= 11 is 6.65. The Balaban J connectivity index is 1.78. The van der Waals surface area contributed by atoms with E-state index in [4.69, 9.17) is 21.1 Å². The molecular weight excluding hydrogens is 450 g/mol. The van der Waals surface area contributed by atoms with Gasteiger partial charge in [0.25, 0.3) is 11.1 Å². The lowest BCUT2D eigenvalue weighted by Crippen LogP contribution is -2.33. The number of rotatable bonds is 9. The van der Waals surface area contributed by atoms with Crippen LogP contribution in [0.15, 0.2) is 47.4 Å². The highest BCUT2D eigenvalue weighted by atomic mass is 35.5. The van der Waals surface area contributed by atoms with Gasteiger partial charge >= 0.3 is 0 Å². The smallest absolute Gasteiger partial charge is 0.293 e. The molecule has 0 spiro atoms. The molecule has 1 atom stereocenters. The van der Waals surface area contributed by atoms with Crippen LogP contribution >= 0.6 is 23.4 Å². The molecule has 1 aliphatic rings. The number of amides is 2. The van der Waals surface area contributed by atoms with Gasteiger partial charge in [-0.15, -0.1) is 0 Å². The minimum Gasteiger partial charge on any atom is -0.490 e. The largest absolute Gasteiger partial charge is 0.490 e. The van der Waals surface area contributed by atoms with Gasteiger partial charge < -0.3 is 9.47 Å². The van der Waals surface area contributed by atoms with Crippen molar-refractivity contribution in [2.75, 3.05) is 13.2 Å². The highest BCUT2D eigenvalue weighted by Crippen LogP contribution is 2.35. The SMILES string of the molecule is CCOc1cc(/C=C2/SC(=O)N(CC(=O)c3ccc(Cl)cc3)C2=O)ccc1O[C@@H](C)CC. The molecule has 0 radical (unpaired) electrons. The first-order chi connectivity index (χ1) is 15.3. The Morgan fingerprint density at radius 3 is 2.50 bits per heavy atom. The zero-order valence-electron chi connectivity index (χ0n) is 18.1. The summed E-state index contributed by atoms with van der Waals surface area (Å²) in [5, 5.41) is 0.0213. The summed E-state index contributed by atoms with van der Waals surface area (Å²) in [4.78, 5) is 38.9. The van der Waals surface area contributed by atoms with Crippen molar-refractivity contribution in [2.45, 2.75) is 33.3 Å². The zero-order valence-corrected chi connectivity index (χ0v) is 19.7. The normalized spacial score (nSPS) is 15.9. The third-order valence-electron chi connectivity index (χ3n) is 4.81. The van der Waals surface area contributed by atoms with E-state index in [9.17, 15) is 14.4 Å². The summed E-state index contributed by atoms with van der Waals surface area (Å²) in [6.07, 6.45) is 2.51. The first kappa shape index (κ1) is 23.9. The van der Waals surface area contributed by atoms with Crippen molar-refractivity contribution in [2.24, 2.45) is 0 Å². The Morgan fingerprint density at radius 1 is 1.12 bits per heavy atom. The van der Waals surface area contributed by atoms with Gasteiger partial charge in [-0.05, 0) is 80.1 Å². The van der Waals surface area contributed by atoms with Crippen molar-refractivity contribution in [3.05, 3.63) is 63.5 Å². The molecule has 2 aromatic rings. The molecular formula is C24H24ClNO5S. The van der Waals surface area contributed by atoms with Gasteiger partial charge in [-0.1, -0.05) is 24.6 Å². The second kappa shape index (κ2) is 10.7. The molecule has 168 valence electrons. The van der Waals surface area contributed by atoms with Crippen LogP contribution in [0.3, 0.4) is 0 Å². The minimum atomic E-state index is -0.500. The van der Waals surface area contributed by atoms with E-state index in [1.807, 2.05) is 20.8 Å².